The summed E-state index contributed by atoms with van der Waals surface area (Å²) in [6.45, 7) is 4.88. The number of carbonyl (C=O) groups excluding carboxylic acids is 3. The highest BCUT2D eigenvalue weighted by Gasteiger charge is 2.52. The maximum absolute atomic E-state index is 12.8. The summed E-state index contributed by atoms with van der Waals surface area (Å²) in [7, 11) is 0. The summed E-state index contributed by atoms with van der Waals surface area (Å²) in [5.41, 5.74) is -0.682. The molecular formula is C18H30N4O3. The van der Waals surface area contributed by atoms with E-state index in [2.05, 4.69) is 17.6 Å². The summed E-state index contributed by atoms with van der Waals surface area (Å²) in [6, 6.07) is -0.0541. The van der Waals surface area contributed by atoms with Gasteiger partial charge in [0.2, 0.25) is 5.91 Å². The molecular weight excluding hydrogens is 320 g/mol. The van der Waals surface area contributed by atoms with Crippen molar-refractivity contribution in [2.45, 2.75) is 69.9 Å². The average molecular weight is 350 g/mol. The van der Waals surface area contributed by atoms with Gasteiger partial charge in [0.25, 0.3) is 5.91 Å². The molecule has 1 spiro atoms. The van der Waals surface area contributed by atoms with Gasteiger partial charge in [-0.15, -0.1) is 0 Å². The van der Waals surface area contributed by atoms with Gasteiger partial charge in [0.15, 0.2) is 0 Å². The molecule has 1 saturated carbocycles. The van der Waals surface area contributed by atoms with Gasteiger partial charge in [0.1, 0.15) is 5.54 Å². The van der Waals surface area contributed by atoms with Crippen LogP contribution in [0.3, 0.4) is 0 Å². The van der Waals surface area contributed by atoms with Crippen LogP contribution in [0.25, 0.3) is 0 Å². The second-order valence-corrected chi connectivity index (χ2v) is 7.49. The predicted molar refractivity (Wildman–Crippen MR) is 94.0 cm³/mol. The number of hydrogen-bond donors (Lipinski definition) is 2. The second kappa shape index (κ2) is 7.72. The van der Waals surface area contributed by atoms with Crippen LogP contribution in [0.4, 0.5) is 4.79 Å². The van der Waals surface area contributed by atoms with Crippen LogP contribution in [0.1, 0.15) is 58.3 Å². The zero-order valence-corrected chi connectivity index (χ0v) is 15.2. The van der Waals surface area contributed by atoms with Crippen molar-refractivity contribution in [2.75, 3.05) is 26.2 Å². The van der Waals surface area contributed by atoms with Crippen LogP contribution in [-0.4, -0.2) is 65.4 Å². The molecule has 3 aliphatic rings. The number of piperidine rings is 1. The van der Waals surface area contributed by atoms with Gasteiger partial charge >= 0.3 is 6.03 Å². The topological polar surface area (TPSA) is 81.8 Å². The first-order valence-corrected chi connectivity index (χ1v) is 9.72. The van der Waals surface area contributed by atoms with Crippen molar-refractivity contribution in [3.8, 4) is 0 Å². The van der Waals surface area contributed by atoms with Gasteiger partial charge < -0.3 is 15.5 Å². The number of urea groups is 1. The van der Waals surface area contributed by atoms with Crippen molar-refractivity contribution >= 4 is 17.8 Å². The van der Waals surface area contributed by atoms with E-state index in [4.69, 9.17) is 0 Å². The van der Waals surface area contributed by atoms with Gasteiger partial charge in [0, 0.05) is 25.6 Å². The number of rotatable bonds is 6. The number of hydrogen-bond acceptors (Lipinski definition) is 4. The van der Waals surface area contributed by atoms with Gasteiger partial charge in [-0.2, -0.15) is 0 Å². The fourth-order valence-corrected chi connectivity index (χ4v) is 4.42. The van der Waals surface area contributed by atoms with E-state index in [1.807, 2.05) is 4.90 Å². The standard InChI is InChI=1S/C18H30N4O3/c1-2-12-21(14-5-10-19-11-6-14)15(23)7-13-22-16(24)18(20-17(22)25)8-3-4-9-18/h14,19H,2-13H2,1H3,(H,20,25). The largest absolute Gasteiger partial charge is 0.340 e. The van der Waals surface area contributed by atoms with E-state index in [0.29, 0.717) is 0 Å². The normalized spacial score (nSPS) is 23.3. The molecule has 7 nitrogen and oxygen atoms in total. The quantitative estimate of drug-likeness (QED) is 0.706. The maximum Gasteiger partial charge on any atom is 0.325 e. The lowest BCUT2D eigenvalue weighted by Gasteiger charge is -2.35. The van der Waals surface area contributed by atoms with Crippen molar-refractivity contribution in [2.24, 2.45) is 0 Å². The molecule has 3 fully saturated rings. The summed E-state index contributed by atoms with van der Waals surface area (Å²) in [4.78, 5) is 40.8. The molecule has 2 N–H and O–H groups in total. The van der Waals surface area contributed by atoms with Gasteiger partial charge in [-0.25, -0.2) is 4.79 Å². The van der Waals surface area contributed by atoms with E-state index in [1.165, 1.54) is 4.90 Å². The van der Waals surface area contributed by atoms with Gasteiger partial charge in [-0.3, -0.25) is 14.5 Å². The number of nitrogens with zero attached hydrogens (tertiary/aromatic N) is 2. The van der Waals surface area contributed by atoms with Gasteiger partial charge in [-0.05, 0) is 45.2 Å². The third kappa shape index (κ3) is 3.66. The molecule has 0 aromatic heterocycles. The van der Waals surface area contributed by atoms with E-state index in [1.54, 1.807) is 0 Å². The Morgan fingerprint density at radius 3 is 2.56 bits per heavy atom. The summed E-state index contributed by atoms with van der Waals surface area (Å²) in [5, 5.41) is 6.20. The Morgan fingerprint density at radius 2 is 1.92 bits per heavy atom. The smallest absolute Gasteiger partial charge is 0.325 e. The van der Waals surface area contributed by atoms with Crippen molar-refractivity contribution < 1.29 is 14.4 Å². The maximum atomic E-state index is 12.8. The van der Waals surface area contributed by atoms with Crippen LogP contribution >= 0.6 is 0 Å². The number of imide groups is 1. The molecule has 4 amide bonds. The monoisotopic (exact) mass is 350 g/mol. The molecule has 25 heavy (non-hydrogen) atoms. The van der Waals surface area contributed by atoms with Crippen LogP contribution in [-0.2, 0) is 9.59 Å². The van der Waals surface area contributed by atoms with Gasteiger partial charge in [-0.1, -0.05) is 19.8 Å². The minimum Gasteiger partial charge on any atom is -0.340 e. The Balaban J connectivity index is 1.58. The first-order valence-electron chi connectivity index (χ1n) is 9.72. The van der Waals surface area contributed by atoms with Crippen LogP contribution in [0, 0.1) is 0 Å². The Hall–Kier alpha value is -1.63. The van der Waals surface area contributed by atoms with Crippen molar-refractivity contribution in [3.63, 3.8) is 0 Å². The zero-order chi connectivity index (χ0) is 17.9. The third-order valence-electron chi connectivity index (χ3n) is 5.79. The molecule has 0 aromatic rings. The Morgan fingerprint density at radius 1 is 1.24 bits per heavy atom. The lowest BCUT2D eigenvalue weighted by Crippen LogP contribution is -2.47. The number of nitrogens with one attached hydrogen (secondary N) is 2. The molecule has 0 atom stereocenters. The Bertz CT molecular complexity index is 524. The molecule has 3 rings (SSSR count). The molecule has 0 bridgehead atoms. The van der Waals surface area contributed by atoms with Crippen molar-refractivity contribution in [3.05, 3.63) is 0 Å². The summed E-state index contributed by atoms with van der Waals surface area (Å²) in [6.07, 6.45) is 6.46. The van der Waals surface area contributed by atoms with Crippen LogP contribution < -0.4 is 10.6 Å². The Labute approximate surface area is 149 Å². The minimum atomic E-state index is -0.682. The minimum absolute atomic E-state index is 0.0571. The number of amides is 4. The highest BCUT2D eigenvalue weighted by Crippen LogP contribution is 2.35. The summed E-state index contributed by atoms with van der Waals surface area (Å²) in [5.74, 6) is -0.0755. The van der Waals surface area contributed by atoms with E-state index in [9.17, 15) is 14.4 Å². The molecule has 0 aromatic carbocycles. The highest BCUT2D eigenvalue weighted by molar-refractivity contribution is 6.07. The second-order valence-electron chi connectivity index (χ2n) is 7.49. The van der Waals surface area contributed by atoms with E-state index in [-0.39, 0.29) is 36.9 Å². The molecule has 140 valence electrons. The lowest BCUT2D eigenvalue weighted by molar-refractivity contribution is -0.135. The van der Waals surface area contributed by atoms with Gasteiger partial charge in [0.05, 0.1) is 0 Å². The first-order chi connectivity index (χ1) is 12.1. The fourth-order valence-electron chi connectivity index (χ4n) is 4.42. The summed E-state index contributed by atoms with van der Waals surface area (Å²) < 4.78 is 0. The molecule has 0 radical (unpaired) electrons. The molecule has 2 saturated heterocycles. The molecule has 1 aliphatic carbocycles. The summed E-state index contributed by atoms with van der Waals surface area (Å²) >= 11 is 0. The number of carbonyl (C=O) groups is 3. The highest BCUT2D eigenvalue weighted by atomic mass is 16.2. The van der Waals surface area contributed by atoms with Crippen molar-refractivity contribution in [1.29, 1.82) is 0 Å². The Kier molecular flexibility index (Phi) is 5.61. The molecule has 2 aliphatic heterocycles. The molecule has 2 heterocycles. The molecule has 7 heteroatoms. The third-order valence-corrected chi connectivity index (χ3v) is 5.79. The van der Waals surface area contributed by atoms with Crippen LogP contribution in [0.5, 0.6) is 0 Å². The van der Waals surface area contributed by atoms with Crippen LogP contribution in [0.2, 0.25) is 0 Å². The molecule has 0 unspecified atom stereocenters. The van der Waals surface area contributed by atoms with Crippen LogP contribution in [0.15, 0.2) is 0 Å². The fraction of sp³-hybridized carbons (Fsp3) is 0.833. The van der Waals surface area contributed by atoms with E-state index in [0.717, 1.165) is 64.6 Å². The average Bonchev–Trinajstić information content (AvgIpc) is 3.18. The SMILES string of the molecule is CCCN(C(=O)CCN1C(=O)NC2(CCCC2)C1=O)C1CCNCC1. The lowest BCUT2D eigenvalue weighted by atomic mass is 9.98. The van der Waals surface area contributed by atoms with E-state index < -0.39 is 5.54 Å². The first kappa shape index (κ1) is 18.2. The van der Waals surface area contributed by atoms with Crippen molar-refractivity contribution in [1.82, 2.24) is 20.4 Å². The zero-order valence-electron chi connectivity index (χ0n) is 15.2. The van der Waals surface area contributed by atoms with E-state index >= 15 is 0 Å². The predicted octanol–water partition coefficient (Wildman–Crippen LogP) is 1.23.